The molecule has 4 unspecified atom stereocenters. The molecule has 0 spiro atoms. The highest BCUT2D eigenvalue weighted by Gasteiger charge is 2.32. The highest BCUT2D eigenvalue weighted by molar-refractivity contribution is 7.98. The fourth-order valence-electron chi connectivity index (χ4n) is 3.72. The summed E-state index contributed by atoms with van der Waals surface area (Å²) in [6.07, 6.45) is 2.90. The number of carboxylic acids is 2. The topological polar surface area (TPSA) is 204 Å². The zero-order valence-electron chi connectivity index (χ0n) is 21.5. The van der Waals surface area contributed by atoms with E-state index in [0.29, 0.717) is 11.3 Å². The molecular formula is C25H35N5O7S. The Hall–Kier alpha value is -3.58. The van der Waals surface area contributed by atoms with Crippen LogP contribution in [0.5, 0.6) is 0 Å². The molecule has 1 aromatic carbocycles. The molecule has 1 heterocycles. The molecule has 208 valence electrons. The Labute approximate surface area is 224 Å². The standard InChI is InChI=1S/C25H35N5O7S/c1-13(2)21(26)24(35)30-19(11-20(31)32)23(34)29-18(22(33)28-17(25(36)37)8-9-38-3)10-14-12-27-16-7-5-4-6-15(14)16/h4-7,12-13,17-19,21,27H,8-11,26H2,1-3H3,(H,28,33)(H,29,34)(H,30,35)(H,31,32)(H,36,37). The number of thioether (sulfide) groups is 1. The minimum atomic E-state index is -1.50. The predicted molar refractivity (Wildman–Crippen MR) is 143 cm³/mol. The normalized spacial score (nSPS) is 14.3. The summed E-state index contributed by atoms with van der Waals surface area (Å²) in [5.41, 5.74) is 7.32. The molecule has 4 atom stereocenters. The maximum absolute atomic E-state index is 13.3. The summed E-state index contributed by atoms with van der Waals surface area (Å²) in [7, 11) is 0. The highest BCUT2D eigenvalue weighted by Crippen LogP contribution is 2.19. The van der Waals surface area contributed by atoms with Gasteiger partial charge in [0.25, 0.3) is 0 Å². The van der Waals surface area contributed by atoms with Crippen molar-refractivity contribution in [2.45, 2.75) is 57.3 Å². The second-order valence-corrected chi connectivity index (χ2v) is 10.2. The summed E-state index contributed by atoms with van der Waals surface area (Å²) < 4.78 is 0. The zero-order valence-corrected chi connectivity index (χ0v) is 22.3. The molecule has 0 aliphatic rings. The maximum Gasteiger partial charge on any atom is 0.326 e. The molecule has 8 N–H and O–H groups in total. The third-order valence-electron chi connectivity index (χ3n) is 5.99. The lowest BCUT2D eigenvalue weighted by atomic mass is 10.0. The molecule has 38 heavy (non-hydrogen) atoms. The number of amides is 3. The monoisotopic (exact) mass is 549 g/mol. The maximum atomic E-state index is 13.3. The van der Waals surface area contributed by atoms with Gasteiger partial charge in [0.1, 0.15) is 18.1 Å². The molecule has 0 saturated heterocycles. The van der Waals surface area contributed by atoms with E-state index >= 15 is 0 Å². The van der Waals surface area contributed by atoms with Crippen LogP contribution in [0.15, 0.2) is 30.5 Å². The van der Waals surface area contributed by atoms with Crippen molar-refractivity contribution in [1.82, 2.24) is 20.9 Å². The van der Waals surface area contributed by atoms with Crippen LogP contribution in [-0.2, 0) is 30.4 Å². The van der Waals surface area contributed by atoms with Gasteiger partial charge in [-0.3, -0.25) is 19.2 Å². The Kier molecular flexibility index (Phi) is 11.6. The Morgan fingerprint density at radius 1 is 0.947 bits per heavy atom. The number of aromatic amines is 1. The van der Waals surface area contributed by atoms with E-state index in [0.717, 1.165) is 10.9 Å². The summed E-state index contributed by atoms with van der Waals surface area (Å²) in [6.45, 7) is 3.40. The number of para-hydroxylation sites is 1. The zero-order chi connectivity index (χ0) is 28.4. The van der Waals surface area contributed by atoms with Crippen LogP contribution < -0.4 is 21.7 Å². The van der Waals surface area contributed by atoms with Crippen LogP contribution in [0, 0.1) is 5.92 Å². The largest absolute Gasteiger partial charge is 0.481 e. The van der Waals surface area contributed by atoms with Gasteiger partial charge < -0.3 is 36.9 Å². The van der Waals surface area contributed by atoms with Crippen LogP contribution in [0.2, 0.25) is 0 Å². The van der Waals surface area contributed by atoms with E-state index in [1.54, 1.807) is 20.0 Å². The van der Waals surface area contributed by atoms with Crippen molar-refractivity contribution >= 4 is 52.3 Å². The van der Waals surface area contributed by atoms with Crippen LogP contribution in [0.1, 0.15) is 32.3 Å². The number of hydrogen-bond acceptors (Lipinski definition) is 7. The Balaban J connectivity index is 2.33. The van der Waals surface area contributed by atoms with Crippen LogP contribution in [0.3, 0.4) is 0 Å². The lowest BCUT2D eigenvalue weighted by Crippen LogP contribution is -2.58. The van der Waals surface area contributed by atoms with Crippen molar-refractivity contribution in [2.75, 3.05) is 12.0 Å². The fraction of sp³-hybridized carbons (Fsp3) is 0.480. The molecule has 2 rings (SSSR count). The van der Waals surface area contributed by atoms with Gasteiger partial charge in [0.2, 0.25) is 17.7 Å². The number of carboxylic acid groups (broad SMARTS) is 2. The predicted octanol–water partition coefficient (Wildman–Crippen LogP) is 0.461. The van der Waals surface area contributed by atoms with E-state index < -0.39 is 60.2 Å². The van der Waals surface area contributed by atoms with Crippen LogP contribution >= 0.6 is 11.8 Å². The van der Waals surface area contributed by atoms with Gasteiger partial charge in [-0.1, -0.05) is 32.0 Å². The van der Waals surface area contributed by atoms with Crippen LogP contribution in [0.25, 0.3) is 10.9 Å². The molecule has 0 saturated carbocycles. The van der Waals surface area contributed by atoms with Crippen molar-refractivity contribution in [1.29, 1.82) is 0 Å². The van der Waals surface area contributed by atoms with Crippen LogP contribution in [-0.4, -0.2) is 81.0 Å². The first-order valence-electron chi connectivity index (χ1n) is 12.1. The molecule has 0 aliphatic carbocycles. The van der Waals surface area contributed by atoms with E-state index in [9.17, 15) is 34.2 Å². The second-order valence-electron chi connectivity index (χ2n) is 9.23. The Bertz CT molecular complexity index is 1150. The lowest BCUT2D eigenvalue weighted by molar-refractivity contribution is -0.143. The van der Waals surface area contributed by atoms with E-state index in [1.807, 2.05) is 30.5 Å². The van der Waals surface area contributed by atoms with Crippen molar-refractivity contribution in [3.8, 4) is 0 Å². The van der Waals surface area contributed by atoms with E-state index in [2.05, 4.69) is 20.9 Å². The number of benzene rings is 1. The van der Waals surface area contributed by atoms with Gasteiger partial charge in [0, 0.05) is 23.5 Å². The summed E-state index contributed by atoms with van der Waals surface area (Å²) >= 11 is 1.42. The number of nitrogens with one attached hydrogen (secondary N) is 4. The van der Waals surface area contributed by atoms with Crippen LogP contribution in [0.4, 0.5) is 0 Å². The average Bonchev–Trinajstić information content (AvgIpc) is 3.27. The number of aliphatic carboxylic acids is 2. The van der Waals surface area contributed by atoms with Gasteiger partial charge >= 0.3 is 11.9 Å². The fourth-order valence-corrected chi connectivity index (χ4v) is 4.19. The summed E-state index contributed by atoms with van der Waals surface area (Å²) in [6, 6.07) is 2.39. The number of hydrogen-bond donors (Lipinski definition) is 7. The SMILES string of the molecule is CSCCC(NC(=O)C(Cc1c[nH]c2ccccc12)NC(=O)C(CC(=O)O)NC(=O)C(N)C(C)C)C(=O)O. The molecule has 1 aromatic heterocycles. The van der Waals surface area contributed by atoms with Gasteiger partial charge in [-0.2, -0.15) is 11.8 Å². The molecule has 0 radical (unpaired) electrons. The quantitative estimate of drug-likeness (QED) is 0.165. The number of nitrogens with two attached hydrogens (primary N) is 1. The summed E-state index contributed by atoms with van der Waals surface area (Å²) in [5, 5.41) is 27.0. The smallest absolute Gasteiger partial charge is 0.326 e. The number of carbonyl (C=O) groups excluding carboxylic acids is 3. The molecule has 0 bridgehead atoms. The Morgan fingerprint density at radius 2 is 1.55 bits per heavy atom. The van der Waals surface area contributed by atoms with Crippen molar-refractivity contribution < 1.29 is 34.2 Å². The minimum Gasteiger partial charge on any atom is -0.481 e. The van der Waals surface area contributed by atoms with Gasteiger partial charge in [0.15, 0.2) is 0 Å². The van der Waals surface area contributed by atoms with Crippen molar-refractivity contribution in [3.63, 3.8) is 0 Å². The number of rotatable bonds is 15. The number of carbonyl (C=O) groups is 5. The first-order chi connectivity index (χ1) is 17.9. The van der Waals surface area contributed by atoms with Gasteiger partial charge in [-0.15, -0.1) is 0 Å². The van der Waals surface area contributed by atoms with Gasteiger partial charge in [0.05, 0.1) is 12.5 Å². The molecule has 0 aliphatic heterocycles. The third kappa shape index (κ3) is 8.77. The molecule has 13 heteroatoms. The summed E-state index contributed by atoms with van der Waals surface area (Å²) in [4.78, 5) is 65.1. The first kappa shape index (κ1) is 30.6. The Morgan fingerprint density at radius 3 is 2.16 bits per heavy atom. The van der Waals surface area contributed by atoms with Crippen molar-refractivity contribution in [3.05, 3.63) is 36.0 Å². The molecule has 3 amide bonds. The van der Waals surface area contributed by atoms with Crippen molar-refractivity contribution in [2.24, 2.45) is 11.7 Å². The molecule has 2 aromatic rings. The lowest BCUT2D eigenvalue weighted by Gasteiger charge is -2.25. The van der Waals surface area contributed by atoms with E-state index in [-0.39, 0.29) is 18.8 Å². The number of fused-ring (bicyclic) bond motifs is 1. The molecule has 12 nitrogen and oxygen atoms in total. The average molecular weight is 550 g/mol. The van der Waals surface area contributed by atoms with E-state index in [1.165, 1.54) is 11.8 Å². The number of H-pyrrole nitrogens is 1. The highest BCUT2D eigenvalue weighted by atomic mass is 32.2. The van der Waals surface area contributed by atoms with Gasteiger partial charge in [-0.25, -0.2) is 4.79 Å². The number of aromatic nitrogens is 1. The van der Waals surface area contributed by atoms with E-state index in [4.69, 9.17) is 5.73 Å². The molecule has 0 fully saturated rings. The summed E-state index contributed by atoms with van der Waals surface area (Å²) in [5.74, 6) is -4.71. The minimum absolute atomic E-state index is 0.0182. The van der Waals surface area contributed by atoms with Gasteiger partial charge in [-0.05, 0) is 36.0 Å². The third-order valence-corrected chi connectivity index (χ3v) is 6.63. The first-order valence-corrected chi connectivity index (χ1v) is 13.5. The second kappa shape index (κ2) is 14.4. The molecular weight excluding hydrogens is 514 g/mol.